The lowest BCUT2D eigenvalue weighted by atomic mass is 9.43. The molecule has 0 radical (unpaired) electrons. The fourth-order valence-electron chi connectivity index (χ4n) is 10.8. The second-order valence-corrected chi connectivity index (χ2v) is 16.8. The molecule has 288 valence electrons. The second kappa shape index (κ2) is 12.5. The summed E-state index contributed by atoms with van der Waals surface area (Å²) in [6.07, 6.45) is 0. The normalized spacial score (nSPS) is 12.9. The van der Waals surface area contributed by atoms with E-state index in [1.54, 1.807) is 0 Å². The standard InChI is InChI=1S/C57H35BN2O2/c1-34-24-27-38(28-25-34)60-48-22-12-8-18-39(48)44-31-43(37-26-29-41-40-19-10-13-23-50(40)61-51(41)30-37)54-42-20-9-11-21-47(42)59-49-32-45-52(33-46(49)58(60)55(44)56(54)59)62-57(36-16-6-3-7-17-36)53(45)35-14-4-2-5-15-35/h2-33H,1H3. The average Bonchev–Trinajstić information content (AvgIpc) is 4.01. The van der Waals surface area contributed by atoms with E-state index in [1.807, 2.05) is 6.07 Å². The summed E-state index contributed by atoms with van der Waals surface area (Å²) in [5, 5.41) is 5.82. The van der Waals surface area contributed by atoms with Crippen LogP contribution in [0.15, 0.2) is 203 Å². The molecule has 4 nitrogen and oxygen atoms in total. The Bertz CT molecular complexity index is 3820. The van der Waals surface area contributed by atoms with Crippen LogP contribution in [0.5, 0.6) is 0 Å². The Morgan fingerprint density at radius 1 is 0.452 bits per heavy atom. The number of anilines is 2. The first kappa shape index (κ1) is 33.8. The quantitative estimate of drug-likeness (QED) is 0.167. The van der Waals surface area contributed by atoms with Gasteiger partial charge in [0.05, 0.1) is 11.0 Å². The van der Waals surface area contributed by atoms with Crippen molar-refractivity contribution in [2.75, 3.05) is 4.81 Å². The number of fused-ring (bicyclic) bond motifs is 12. The Morgan fingerprint density at radius 2 is 1.15 bits per heavy atom. The lowest BCUT2D eigenvalue weighted by Crippen LogP contribution is -2.60. The van der Waals surface area contributed by atoms with Crippen molar-refractivity contribution in [2.24, 2.45) is 0 Å². The molecule has 12 aromatic rings. The highest BCUT2D eigenvalue weighted by Crippen LogP contribution is 2.50. The third kappa shape index (κ3) is 4.57. The monoisotopic (exact) mass is 790 g/mol. The molecule has 9 aromatic carbocycles. The molecule has 0 N–H and O–H groups in total. The van der Waals surface area contributed by atoms with Gasteiger partial charge >= 0.3 is 6.85 Å². The van der Waals surface area contributed by atoms with Crippen molar-refractivity contribution < 1.29 is 8.83 Å². The third-order valence-electron chi connectivity index (χ3n) is 13.4. The number of furan rings is 2. The van der Waals surface area contributed by atoms with E-state index < -0.39 is 0 Å². The first-order chi connectivity index (χ1) is 30.7. The van der Waals surface area contributed by atoms with Gasteiger partial charge in [-0.3, -0.25) is 0 Å². The van der Waals surface area contributed by atoms with Gasteiger partial charge in [0.15, 0.2) is 0 Å². The Balaban J connectivity index is 1.15. The topological polar surface area (TPSA) is 34.5 Å². The Morgan fingerprint density at radius 3 is 1.98 bits per heavy atom. The van der Waals surface area contributed by atoms with E-state index in [0.29, 0.717) is 0 Å². The number of hydrogen-bond acceptors (Lipinski definition) is 3. The van der Waals surface area contributed by atoms with Gasteiger partial charge in [-0.25, -0.2) is 0 Å². The van der Waals surface area contributed by atoms with Crippen LogP contribution in [0.4, 0.5) is 11.4 Å². The van der Waals surface area contributed by atoms with Gasteiger partial charge in [0.1, 0.15) is 22.5 Å². The van der Waals surface area contributed by atoms with Gasteiger partial charge in [0.25, 0.3) is 0 Å². The summed E-state index contributed by atoms with van der Waals surface area (Å²) in [4.78, 5) is 2.57. The van der Waals surface area contributed by atoms with Crippen LogP contribution in [0.25, 0.3) is 105 Å². The summed E-state index contributed by atoms with van der Waals surface area (Å²) in [7, 11) is 0. The SMILES string of the molecule is Cc1ccc(N2B3c4cc5oc(-c6ccccc6)c(-c6ccccc6)c5cc4-n4c5ccccc5c5c(-c6ccc7c(c6)oc6ccccc67)cc(c3c54)-c3ccccc32)cc1. The predicted octanol–water partition coefficient (Wildman–Crippen LogP) is 14.0. The molecule has 3 aromatic heterocycles. The van der Waals surface area contributed by atoms with Gasteiger partial charge in [-0.15, -0.1) is 0 Å². The maximum Gasteiger partial charge on any atom is 0.333 e. The van der Waals surface area contributed by atoms with Crippen LogP contribution in [-0.4, -0.2) is 11.4 Å². The fraction of sp³-hybridized carbons (Fsp3) is 0.0175. The Labute approximate surface area is 357 Å². The van der Waals surface area contributed by atoms with E-state index in [4.69, 9.17) is 8.83 Å². The van der Waals surface area contributed by atoms with Crippen LogP contribution in [0.1, 0.15) is 5.56 Å². The van der Waals surface area contributed by atoms with Crippen LogP contribution < -0.4 is 15.7 Å². The molecule has 14 rings (SSSR count). The van der Waals surface area contributed by atoms with Crippen molar-refractivity contribution in [1.29, 1.82) is 0 Å². The van der Waals surface area contributed by atoms with Gasteiger partial charge < -0.3 is 18.2 Å². The van der Waals surface area contributed by atoms with Crippen LogP contribution in [-0.2, 0) is 0 Å². The molecule has 2 aliphatic heterocycles. The highest BCUT2D eigenvalue weighted by Gasteiger charge is 2.45. The zero-order chi connectivity index (χ0) is 40.6. The minimum absolute atomic E-state index is 0.154. The summed E-state index contributed by atoms with van der Waals surface area (Å²) in [5.41, 5.74) is 20.4. The molecule has 0 saturated carbocycles. The fourth-order valence-corrected chi connectivity index (χ4v) is 10.8. The number of benzene rings is 9. The molecule has 0 fully saturated rings. The van der Waals surface area contributed by atoms with E-state index in [0.717, 1.165) is 72.3 Å². The van der Waals surface area contributed by atoms with Gasteiger partial charge in [-0.05, 0) is 101 Å². The molecular formula is C57H35BN2O2. The second-order valence-electron chi connectivity index (χ2n) is 16.8. The van der Waals surface area contributed by atoms with Crippen LogP contribution >= 0.6 is 0 Å². The summed E-state index contributed by atoms with van der Waals surface area (Å²) in [6.45, 7) is 2.01. The molecule has 5 heteroatoms. The summed E-state index contributed by atoms with van der Waals surface area (Å²) in [5.74, 6) is 0.877. The Kier molecular flexibility index (Phi) is 6.82. The minimum atomic E-state index is -0.154. The van der Waals surface area contributed by atoms with Crippen LogP contribution in [0.2, 0.25) is 0 Å². The van der Waals surface area contributed by atoms with E-state index in [9.17, 15) is 0 Å². The number of rotatable bonds is 4. The molecule has 0 aliphatic carbocycles. The molecule has 0 atom stereocenters. The summed E-state index contributed by atoms with van der Waals surface area (Å²) < 4.78 is 16.2. The highest BCUT2D eigenvalue weighted by atomic mass is 16.3. The van der Waals surface area contributed by atoms with Gasteiger partial charge in [-0.1, -0.05) is 139 Å². The Hall–Kier alpha value is -8.02. The van der Waals surface area contributed by atoms with Crippen LogP contribution in [0.3, 0.4) is 0 Å². The number of nitrogens with zero attached hydrogens (tertiary/aromatic N) is 2. The summed E-state index contributed by atoms with van der Waals surface area (Å²) in [6, 6.07) is 70.5. The zero-order valence-corrected chi connectivity index (χ0v) is 33.8. The lowest BCUT2D eigenvalue weighted by Gasteiger charge is -2.42. The highest BCUT2D eigenvalue weighted by molar-refractivity contribution is 6.94. The largest absolute Gasteiger partial charge is 0.456 e. The van der Waals surface area contributed by atoms with Crippen molar-refractivity contribution in [1.82, 2.24) is 4.57 Å². The lowest BCUT2D eigenvalue weighted by molar-refractivity contribution is 0.632. The first-order valence-corrected chi connectivity index (χ1v) is 21.4. The number of aryl methyl sites for hydroxylation is 1. The van der Waals surface area contributed by atoms with Crippen LogP contribution in [0, 0.1) is 6.92 Å². The molecule has 0 amide bonds. The number of para-hydroxylation sites is 3. The average molecular weight is 791 g/mol. The van der Waals surface area contributed by atoms with Crippen molar-refractivity contribution in [2.45, 2.75) is 6.92 Å². The van der Waals surface area contributed by atoms with E-state index in [2.05, 4.69) is 204 Å². The van der Waals surface area contributed by atoms with Crippen molar-refractivity contribution in [3.63, 3.8) is 0 Å². The maximum atomic E-state index is 7.10. The predicted molar refractivity (Wildman–Crippen MR) is 258 cm³/mol. The summed E-state index contributed by atoms with van der Waals surface area (Å²) >= 11 is 0. The smallest absolute Gasteiger partial charge is 0.333 e. The molecule has 0 bridgehead atoms. The number of aromatic nitrogens is 1. The molecule has 0 spiro atoms. The van der Waals surface area contributed by atoms with E-state index in [1.165, 1.54) is 60.7 Å². The molecular weight excluding hydrogens is 755 g/mol. The molecule has 5 heterocycles. The zero-order valence-electron chi connectivity index (χ0n) is 33.8. The van der Waals surface area contributed by atoms with Crippen molar-refractivity contribution >= 4 is 83.9 Å². The van der Waals surface area contributed by atoms with Gasteiger partial charge in [0, 0.05) is 60.7 Å². The molecule has 2 aliphatic rings. The molecule has 62 heavy (non-hydrogen) atoms. The number of hydrogen-bond donors (Lipinski definition) is 0. The minimum Gasteiger partial charge on any atom is -0.456 e. The van der Waals surface area contributed by atoms with E-state index >= 15 is 0 Å². The van der Waals surface area contributed by atoms with Gasteiger partial charge in [0.2, 0.25) is 0 Å². The maximum absolute atomic E-state index is 7.10. The van der Waals surface area contributed by atoms with Crippen molar-refractivity contribution in [3.8, 4) is 50.4 Å². The van der Waals surface area contributed by atoms with Gasteiger partial charge in [-0.2, -0.15) is 0 Å². The molecule has 0 saturated heterocycles. The first-order valence-electron chi connectivity index (χ1n) is 21.4. The van der Waals surface area contributed by atoms with E-state index in [-0.39, 0.29) is 6.85 Å². The third-order valence-corrected chi connectivity index (χ3v) is 13.4. The molecule has 0 unspecified atom stereocenters. The van der Waals surface area contributed by atoms with Crippen molar-refractivity contribution in [3.05, 3.63) is 200 Å².